The van der Waals surface area contributed by atoms with E-state index in [2.05, 4.69) is 11.8 Å². The third-order valence-electron chi connectivity index (χ3n) is 4.81. The number of rotatable bonds is 4. The van der Waals surface area contributed by atoms with Gasteiger partial charge in [0.05, 0.1) is 17.2 Å². The van der Waals surface area contributed by atoms with E-state index in [0.717, 1.165) is 16.7 Å². The molecule has 0 amide bonds. The number of hydrogen-bond donors (Lipinski definition) is 1. The van der Waals surface area contributed by atoms with E-state index < -0.39 is 5.97 Å². The Hall–Kier alpha value is -4.10. The van der Waals surface area contributed by atoms with Gasteiger partial charge < -0.3 is 9.52 Å². The van der Waals surface area contributed by atoms with E-state index in [1.807, 2.05) is 36.4 Å². The predicted octanol–water partition coefficient (Wildman–Crippen LogP) is 4.68. The molecule has 0 fully saturated rings. The largest absolute Gasteiger partial charge is 0.478 e. The van der Waals surface area contributed by atoms with Crippen LogP contribution in [0.1, 0.15) is 32.6 Å². The molecule has 1 N–H and O–H groups in total. The number of hydrogen-bond acceptors (Lipinski definition) is 3. The molecule has 0 saturated heterocycles. The van der Waals surface area contributed by atoms with Crippen molar-refractivity contribution in [2.24, 2.45) is 0 Å². The van der Waals surface area contributed by atoms with E-state index in [1.165, 1.54) is 18.4 Å². The zero-order chi connectivity index (χ0) is 20.9. The normalized spacial score (nSPS) is 10.4. The lowest BCUT2D eigenvalue weighted by Gasteiger charge is -2.04. The van der Waals surface area contributed by atoms with Crippen LogP contribution < -0.4 is 5.43 Å². The molecule has 0 bridgehead atoms. The SMILES string of the molecule is O=C(O)c1ccc(Cc2coc3ccc(C#CCc4ccccc4)cc3c2=O)cc1. The van der Waals surface area contributed by atoms with Gasteiger partial charge >= 0.3 is 5.97 Å². The second-order valence-electron chi connectivity index (χ2n) is 6.94. The van der Waals surface area contributed by atoms with Gasteiger partial charge in [-0.3, -0.25) is 4.79 Å². The van der Waals surface area contributed by atoms with Crippen LogP contribution >= 0.6 is 0 Å². The molecule has 4 rings (SSSR count). The van der Waals surface area contributed by atoms with Crippen LogP contribution in [-0.2, 0) is 12.8 Å². The maximum Gasteiger partial charge on any atom is 0.335 e. The van der Waals surface area contributed by atoms with Gasteiger partial charge in [-0.2, -0.15) is 0 Å². The molecule has 4 heteroatoms. The fraction of sp³-hybridized carbons (Fsp3) is 0.0769. The summed E-state index contributed by atoms with van der Waals surface area (Å²) < 4.78 is 5.64. The summed E-state index contributed by atoms with van der Waals surface area (Å²) in [5, 5.41) is 9.49. The Kier molecular flexibility index (Phi) is 5.45. The molecule has 0 saturated carbocycles. The van der Waals surface area contributed by atoms with Crippen molar-refractivity contribution in [2.45, 2.75) is 12.8 Å². The van der Waals surface area contributed by atoms with E-state index in [-0.39, 0.29) is 11.0 Å². The van der Waals surface area contributed by atoms with Crippen molar-refractivity contribution in [3.63, 3.8) is 0 Å². The number of fused-ring (bicyclic) bond motifs is 1. The molecule has 0 radical (unpaired) electrons. The zero-order valence-electron chi connectivity index (χ0n) is 16.1. The third kappa shape index (κ3) is 4.31. The third-order valence-corrected chi connectivity index (χ3v) is 4.81. The minimum absolute atomic E-state index is 0.106. The van der Waals surface area contributed by atoms with Crippen molar-refractivity contribution in [3.05, 3.63) is 117 Å². The first-order chi connectivity index (χ1) is 14.6. The lowest BCUT2D eigenvalue weighted by atomic mass is 10.0. The second kappa shape index (κ2) is 8.50. The number of carboxylic acids is 1. The molecule has 0 aliphatic carbocycles. The van der Waals surface area contributed by atoms with Gasteiger partial charge in [0.1, 0.15) is 5.58 Å². The molecule has 3 aromatic carbocycles. The first kappa shape index (κ1) is 19.2. The van der Waals surface area contributed by atoms with E-state index in [1.54, 1.807) is 24.3 Å². The minimum atomic E-state index is -0.979. The van der Waals surface area contributed by atoms with Gasteiger partial charge in [0.15, 0.2) is 5.43 Å². The van der Waals surface area contributed by atoms with Gasteiger partial charge in [-0.15, -0.1) is 0 Å². The Morgan fingerprint density at radius 1 is 0.933 bits per heavy atom. The summed E-state index contributed by atoms with van der Waals surface area (Å²) in [6.45, 7) is 0. The first-order valence-electron chi connectivity index (χ1n) is 9.49. The maximum atomic E-state index is 13.0. The van der Waals surface area contributed by atoms with Crippen molar-refractivity contribution >= 4 is 16.9 Å². The Morgan fingerprint density at radius 3 is 2.43 bits per heavy atom. The average Bonchev–Trinajstić information content (AvgIpc) is 2.77. The van der Waals surface area contributed by atoms with Gasteiger partial charge in [-0.1, -0.05) is 54.3 Å². The Balaban J connectivity index is 1.60. The van der Waals surface area contributed by atoms with Crippen molar-refractivity contribution in [3.8, 4) is 11.8 Å². The minimum Gasteiger partial charge on any atom is -0.478 e. The Labute approximate surface area is 173 Å². The van der Waals surface area contributed by atoms with Crippen molar-refractivity contribution in [1.82, 2.24) is 0 Å². The molecule has 30 heavy (non-hydrogen) atoms. The van der Waals surface area contributed by atoms with Crippen molar-refractivity contribution in [1.29, 1.82) is 0 Å². The summed E-state index contributed by atoms with van der Waals surface area (Å²) >= 11 is 0. The van der Waals surface area contributed by atoms with Gasteiger partial charge in [-0.25, -0.2) is 4.79 Å². The molecular weight excluding hydrogens is 376 g/mol. The molecule has 0 atom stereocenters. The summed E-state index contributed by atoms with van der Waals surface area (Å²) in [7, 11) is 0. The van der Waals surface area contributed by atoms with E-state index in [9.17, 15) is 9.59 Å². The van der Waals surface area contributed by atoms with Crippen LogP contribution in [0.2, 0.25) is 0 Å². The van der Waals surface area contributed by atoms with Crippen LogP contribution in [0.3, 0.4) is 0 Å². The highest BCUT2D eigenvalue weighted by Crippen LogP contribution is 2.16. The predicted molar refractivity (Wildman–Crippen MR) is 116 cm³/mol. The Morgan fingerprint density at radius 2 is 1.70 bits per heavy atom. The van der Waals surface area contributed by atoms with E-state index in [4.69, 9.17) is 9.52 Å². The molecule has 1 heterocycles. The van der Waals surface area contributed by atoms with Gasteiger partial charge in [0.2, 0.25) is 0 Å². The van der Waals surface area contributed by atoms with Crippen LogP contribution in [0.4, 0.5) is 0 Å². The standard InChI is InChI=1S/C26H18O4/c27-25-22(15-20-9-12-21(13-10-20)26(28)29)17-30-24-14-11-19(16-23(24)25)8-4-7-18-5-2-1-3-6-18/h1-3,5-6,9-14,16-17H,7,15H2,(H,28,29). The topological polar surface area (TPSA) is 67.5 Å². The van der Waals surface area contributed by atoms with Gasteiger partial charge in [-0.05, 0) is 41.5 Å². The number of carboxylic acid groups (broad SMARTS) is 1. The fourth-order valence-electron chi connectivity index (χ4n) is 3.20. The second-order valence-corrected chi connectivity index (χ2v) is 6.94. The lowest BCUT2D eigenvalue weighted by molar-refractivity contribution is 0.0697. The summed E-state index contributed by atoms with van der Waals surface area (Å²) in [5.74, 6) is 5.27. The van der Waals surface area contributed by atoms with E-state index >= 15 is 0 Å². The molecule has 146 valence electrons. The van der Waals surface area contributed by atoms with Crippen molar-refractivity contribution < 1.29 is 14.3 Å². The summed E-state index contributed by atoms with van der Waals surface area (Å²) in [5.41, 5.74) is 3.87. The fourth-order valence-corrected chi connectivity index (χ4v) is 3.20. The summed E-state index contributed by atoms with van der Waals surface area (Å²) in [4.78, 5) is 23.9. The van der Waals surface area contributed by atoms with Gasteiger partial charge in [0.25, 0.3) is 0 Å². The van der Waals surface area contributed by atoms with Gasteiger partial charge in [0, 0.05) is 24.0 Å². The van der Waals surface area contributed by atoms with E-state index in [0.29, 0.717) is 29.4 Å². The van der Waals surface area contributed by atoms with Crippen molar-refractivity contribution in [2.75, 3.05) is 0 Å². The molecular formula is C26H18O4. The molecule has 0 unspecified atom stereocenters. The number of aromatic carboxylic acids is 1. The molecule has 0 spiro atoms. The maximum absolute atomic E-state index is 13.0. The lowest BCUT2D eigenvalue weighted by Crippen LogP contribution is -2.09. The summed E-state index contributed by atoms with van der Waals surface area (Å²) in [6, 6.07) is 21.8. The monoisotopic (exact) mass is 394 g/mol. The van der Waals surface area contributed by atoms with Crippen LogP contribution in [0.5, 0.6) is 0 Å². The molecule has 4 nitrogen and oxygen atoms in total. The van der Waals surface area contributed by atoms with Crippen LogP contribution in [0, 0.1) is 11.8 Å². The first-order valence-corrected chi connectivity index (χ1v) is 9.49. The number of benzene rings is 3. The highest BCUT2D eigenvalue weighted by Gasteiger charge is 2.09. The summed E-state index contributed by atoms with van der Waals surface area (Å²) in [6.07, 6.45) is 2.47. The molecule has 0 aliphatic heterocycles. The highest BCUT2D eigenvalue weighted by molar-refractivity contribution is 5.87. The molecule has 0 aliphatic rings. The average molecular weight is 394 g/mol. The zero-order valence-corrected chi connectivity index (χ0v) is 16.1. The molecule has 4 aromatic rings. The smallest absolute Gasteiger partial charge is 0.335 e. The number of carbonyl (C=O) groups is 1. The Bertz CT molecular complexity index is 1320. The molecule has 1 aromatic heterocycles. The van der Waals surface area contributed by atoms with Crippen LogP contribution in [0.15, 0.2) is 88.3 Å². The quantitative estimate of drug-likeness (QED) is 0.511. The van der Waals surface area contributed by atoms with Crippen LogP contribution in [0.25, 0.3) is 11.0 Å². The highest BCUT2D eigenvalue weighted by atomic mass is 16.4. The van der Waals surface area contributed by atoms with Crippen LogP contribution in [-0.4, -0.2) is 11.1 Å².